The van der Waals surface area contributed by atoms with Crippen LogP contribution in [0.15, 0.2) is 83.8 Å². The van der Waals surface area contributed by atoms with Crippen molar-refractivity contribution >= 4 is 32.8 Å². The molecule has 0 amide bonds. The summed E-state index contributed by atoms with van der Waals surface area (Å²) in [6.07, 6.45) is 0. The highest BCUT2D eigenvalue weighted by Gasteiger charge is 2.13. The molecule has 0 aliphatic rings. The highest BCUT2D eigenvalue weighted by atomic mass is 32.2. The van der Waals surface area contributed by atoms with E-state index < -0.39 is 10.0 Å². The van der Waals surface area contributed by atoms with Crippen LogP contribution in [0, 0.1) is 0 Å². The molecule has 2 N–H and O–H groups in total. The van der Waals surface area contributed by atoms with E-state index in [4.69, 9.17) is 0 Å². The molecule has 5 nitrogen and oxygen atoms in total. The van der Waals surface area contributed by atoms with E-state index in [9.17, 15) is 8.42 Å². The second-order valence-electron chi connectivity index (χ2n) is 6.34. The number of benzene rings is 3. The van der Waals surface area contributed by atoms with Gasteiger partial charge in [-0.25, -0.2) is 8.42 Å². The van der Waals surface area contributed by atoms with Crippen LogP contribution >= 0.6 is 0 Å². The number of anilines is 4. The van der Waals surface area contributed by atoms with Crippen molar-refractivity contribution < 1.29 is 8.42 Å². The standard InChI is InChI=1S/C22H25N3O2S/c1-3-25(4-2)21-14-10-18(11-15-21)23-19-12-16-22(17-13-19)28(26,27)24-20-8-6-5-7-9-20/h5-17,23-24H,3-4H2,1-2H3. The van der Waals surface area contributed by atoms with Crippen molar-refractivity contribution in [2.75, 3.05) is 28.0 Å². The molecule has 0 aliphatic carbocycles. The van der Waals surface area contributed by atoms with Gasteiger partial charge < -0.3 is 10.2 Å². The Kier molecular flexibility index (Phi) is 6.21. The zero-order valence-electron chi connectivity index (χ0n) is 16.1. The van der Waals surface area contributed by atoms with Gasteiger partial charge in [-0.1, -0.05) is 18.2 Å². The van der Waals surface area contributed by atoms with Gasteiger partial charge in [0.25, 0.3) is 10.0 Å². The first-order chi connectivity index (χ1) is 13.5. The summed E-state index contributed by atoms with van der Waals surface area (Å²) in [6, 6.07) is 23.8. The fourth-order valence-electron chi connectivity index (χ4n) is 2.95. The topological polar surface area (TPSA) is 61.4 Å². The summed E-state index contributed by atoms with van der Waals surface area (Å²) in [5, 5.41) is 3.30. The molecule has 0 atom stereocenters. The van der Waals surface area contributed by atoms with Crippen molar-refractivity contribution in [3.05, 3.63) is 78.9 Å². The Balaban J connectivity index is 1.69. The van der Waals surface area contributed by atoms with Gasteiger partial charge in [-0.2, -0.15) is 0 Å². The maximum Gasteiger partial charge on any atom is 0.261 e. The normalized spacial score (nSPS) is 11.1. The van der Waals surface area contributed by atoms with E-state index in [1.54, 1.807) is 48.5 Å². The number of nitrogens with zero attached hydrogens (tertiary/aromatic N) is 1. The average Bonchev–Trinajstić information content (AvgIpc) is 2.71. The van der Waals surface area contributed by atoms with E-state index in [-0.39, 0.29) is 4.90 Å². The van der Waals surface area contributed by atoms with Gasteiger partial charge in [0.15, 0.2) is 0 Å². The quantitative estimate of drug-likeness (QED) is 0.558. The number of hydrogen-bond acceptors (Lipinski definition) is 4. The summed E-state index contributed by atoms with van der Waals surface area (Å²) in [4.78, 5) is 2.50. The van der Waals surface area contributed by atoms with Gasteiger partial charge in [0.2, 0.25) is 0 Å². The van der Waals surface area contributed by atoms with E-state index in [1.807, 2.05) is 18.2 Å². The first-order valence-electron chi connectivity index (χ1n) is 9.32. The van der Waals surface area contributed by atoms with E-state index in [0.717, 1.165) is 24.5 Å². The molecule has 146 valence electrons. The van der Waals surface area contributed by atoms with Gasteiger partial charge >= 0.3 is 0 Å². The third-order valence-corrected chi connectivity index (χ3v) is 5.87. The monoisotopic (exact) mass is 395 g/mol. The molecule has 3 aromatic rings. The highest BCUT2D eigenvalue weighted by molar-refractivity contribution is 7.92. The van der Waals surface area contributed by atoms with Crippen LogP contribution in [-0.4, -0.2) is 21.5 Å². The molecule has 0 radical (unpaired) electrons. The summed E-state index contributed by atoms with van der Waals surface area (Å²) >= 11 is 0. The van der Waals surface area contributed by atoms with Crippen molar-refractivity contribution in [3.63, 3.8) is 0 Å². The summed E-state index contributed by atoms with van der Waals surface area (Å²) < 4.78 is 27.6. The van der Waals surface area contributed by atoms with Gasteiger partial charge in [0.1, 0.15) is 0 Å². The van der Waals surface area contributed by atoms with E-state index in [1.165, 1.54) is 5.69 Å². The second-order valence-corrected chi connectivity index (χ2v) is 8.02. The molecule has 0 saturated heterocycles. The fourth-order valence-corrected chi connectivity index (χ4v) is 4.01. The smallest absolute Gasteiger partial charge is 0.261 e. The predicted octanol–water partition coefficient (Wildman–Crippen LogP) is 5.08. The summed E-state index contributed by atoms with van der Waals surface area (Å²) in [5.41, 5.74) is 3.50. The van der Waals surface area contributed by atoms with Crippen molar-refractivity contribution in [3.8, 4) is 0 Å². The Morgan fingerprint density at radius 2 is 1.25 bits per heavy atom. The maximum atomic E-state index is 12.5. The Hall–Kier alpha value is -2.99. The molecule has 28 heavy (non-hydrogen) atoms. The summed E-state index contributed by atoms with van der Waals surface area (Å²) in [5.74, 6) is 0. The third-order valence-electron chi connectivity index (χ3n) is 4.48. The average molecular weight is 396 g/mol. The SMILES string of the molecule is CCN(CC)c1ccc(Nc2ccc(S(=O)(=O)Nc3ccccc3)cc2)cc1. The second kappa shape index (κ2) is 8.80. The van der Waals surface area contributed by atoms with Gasteiger partial charge in [-0.05, 0) is 74.5 Å². The van der Waals surface area contributed by atoms with Crippen LogP contribution in [0.3, 0.4) is 0 Å². The fraction of sp³-hybridized carbons (Fsp3) is 0.182. The molecular weight excluding hydrogens is 370 g/mol. The van der Waals surface area contributed by atoms with Gasteiger partial charge in [0, 0.05) is 35.8 Å². The molecule has 0 bridgehead atoms. The Morgan fingerprint density at radius 1 is 0.714 bits per heavy atom. The molecule has 3 aromatic carbocycles. The van der Waals surface area contributed by atoms with Crippen LogP contribution in [0.2, 0.25) is 0 Å². The summed E-state index contributed by atoms with van der Waals surface area (Å²) in [6.45, 7) is 6.21. The van der Waals surface area contributed by atoms with Gasteiger partial charge in [0.05, 0.1) is 4.90 Å². The minimum Gasteiger partial charge on any atom is -0.372 e. The van der Waals surface area contributed by atoms with Crippen LogP contribution in [0.25, 0.3) is 0 Å². The van der Waals surface area contributed by atoms with Gasteiger partial charge in [-0.15, -0.1) is 0 Å². The predicted molar refractivity (Wildman–Crippen MR) is 117 cm³/mol. The lowest BCUT2D eigenvalue weighted by Gasteiger charge is -2.21. The zero-order valence-corrected chi connectivity index (χ0v) is 16.9. The molecular formula is C22H25N3O2S. The molecule has 0 unspecified atom stereocenters. The number of hydrogen-bond donors (Lipinski definition) is 2. The Bertz CT molecular complexity index is 982. The Morgan fingerprint density at radius 3 is 1.79 bits per heavy atom. The largest absolute Gasteiger partial charge is 0.372 e. The molecule has 0 saturated carbocycles. The van der Waals surface area contributed by atoms with Gasteiger partial charge in [-0.3, -0.25) is 4.72 Å². The maximum absolute atomic E-state index is 12.5. The lowest BCUT2D eigenvalue weighted by Crippen LogP contribution is -2.21. The molecule has 0 aromatic heterocycles. The third kappa shape index (κ3) is 4.84. The number of rotatable bonds is 8. The first-order valence-corrected chi connectivity index (χ1v) is 10.8. The first kappa shape index (κ1) is 19.8. The molecule has 0 fully saturated rings. The molecule has 6 heteroatoms. The van der Waals surface area contributed by atoms with Crippen LogP contribution < -0.4 is 14.9 Å². The molecule has 3 rings (SSSR count). The highest BCUT2D eigenvalue weighted by Crippen LogP contribution is 2.23. The minimum absolute atomic E-state index is 0.221. The van der Waals surface area contributed by atoms with Crippen molar-refractivity contribution in [1.82, 2.24) is 0 Å². The van der Waals surface area contributed by atoms with E-state index in [0.29, 0.717) is 5.69 Å². The molecule has 0 aliphatic heterocycles. The zero-order chi connectivity index (χ0) is 20.0. The molecule has 0 heterocycles. The number of nitrogens with one attached hydrogen (secondary N) is 2. The number of para-hydroxylation sites is 1. The van der Waals surface area contributed by atoms with E-state index in [2.05, 4.69) is 40.9 Å². The Labute approximate surface area is 167 Å². The van der Waals surface area contributed by atoms with Crippen LogP contribution in [-0.2, 0) is 10.0 Å². The summed E-state index contributed by atoms with van der Waals surface area (Å²) in [7, 11) is -3.61. The van der Waals surface area contributed by atoms with Crippen molar-refractivity contribution in [1.29, 1.82) is 0 Å². The lowest BCUT2D eigenvalue weighted by atomic mass is 10.2. The van der Waals surface area contributed by atoms with Crippen LogP contribution in [0.4, 0.5) is 22.7 Å². The minimum atomic E-state index is -3.61. The number of sulfonamides is 1. The lowest BCUT2D eigenvalue weighted by molar-refractivity contribution is 0.601. The van der Waals surface area contributed by atoms with Crippen molar-refractivity contribution in [2.45, 2.75) is 18.7 Å². The molecule has 0 spiro atoms. The van der Waals surface area contributed by atoms with Crippen LogP contribution in [0.1, 0.15) is 13.8 Å². The van der Waals surface area contributed by atoms with Crippen molar-refractivity contribution in [2.24, 2.45) is 0 Å². The van der Waals surface area contributed by atoms with Crippen LogP contribution in [0.5, 0.6) is 0 Å². The van der Waals surface area contributed by atoms with E-state index >= 15 is 0 Å².